The number of nitrogens with zero attached hydrogens (tertiary/aromatic N) is 1. The van der Waals surface area contributed by atoms with E-state index >= 15 is 0 Å². The molecule has 0 unspecified atom stereocenters. The summed E-state index contributed by atoms with van der Waals surface area (Å²) in [5.74, 6) is 0. The summed E-state index contributed by atoms with van der Waals surface area (Å²) in [4.78, 5) is 5.20. The molecule has 1 heteroatoms. The van der Waals surface area contributed by atoms with Crippen LogP contribution in [0.4, 0.5) is 5.69 Å². The van der Waals surface area contributed by atoms with Crippen LogP contribution in [-0.2, 0) is 25.7 Å². The Balaban J connectivity index is 2.00. The smallest absolute Gasteiger partial charge is 0.0638 e. The van der Waals surface area contributed by atoms with Gasteiger partial charge >= 0.3 is 0 Å². The van der Waals surface area contributed by atoms with Crippen LogP contribution >= 0.6 is 0 Å². The molecule has 42 heavy (non-hydrogen) atoms. The zero-order valence-electron chi connectivity index (χ0n) is 27.9. The van der Waals surface area contributed by atoms with Crippen molar-refractivity contribution in [1.82, 2.24) is 0 Å². The molecule has 0 saturated heterocycles. The van der Waals surface area contributed by atoms with Crippen molar-refractivity contribution in [3.8, 4) is 11.1 Å². The van der Waals surface area contributed by atoms with Crippen molar-refractivity contribution in [3.05, 3.63) is 93.6 Å². The lowest BCUT2D eigenvalue weighted by Gasteiger charge is -2.17. The van der Waals surface area contributed by atoms with Gasteiger partial charge < -0.3 is 0 Å². The summed E-state index contributed by atoms with van der Waals surface area (Å²) in [6.07, 6.45) is 18.3. The third-order valence-corrected chi connectivity index (χ3v) is 8.79. The van der Waals surface area contributed by atoms with Gasteiger partial charge in [0, 0.05) is 5.71 Å². The quantitative estimate of drug-likeness (QED) is 0.114. The number of aliphatic imine (C=N–C) groups is 1. The standard InChI is InChI=1S/C41H57N/c1-8-13-15-16-17-19-25-36-28-33(29-41(40(36)12-5)35-23-20-18-21-24-35)27-34(10-3)32(7)42-38-26-31(6)39(11-4)37(30-38)22-14-9-2/h18,20-21,23-24,26-30H,8-17,19,22,25H2,1-7H3. The van der Waals surface area contributed by atoms with E-state index in [0.717, 1.165) is 43.5 Å². The van der Waals surface area contributed by atoms with Crippen molar-refractivity contribution >= 4 is 17.5 Å². The zero-order chi connectivity index (χ0) is 30.3. The lowest BCUT2D eigenvalue weighted by atomic mass is 9.88. The first kappa shape index (κ1) is 33.6. The molecule has 0 atom stereocenters. The predicted octanol–water partition coefficient (Wildman–Crippen LogP) is 12.6. The fraction of sp³-hybridized carbons (Fsp3) is 0.488. The molecule has 3 aromatic rings. The highest BCUT2D eigenvalue weighted by atomic mass is 14.7. The van der Waals surface area contributed by atoms with Crippen LogP contribution in [-0.4, -0.2) is 5.71 Å². The third kappa shape index (κ3) is 9.55. The van der Waals surface area contributed by atoms with Gasteiger partial charge in [-0.05, 0) is 133 Å². The summed E-state index contributed by atoms with van der Waals surface area (Å²) in [6, 6.07) is 20.5. The first-order chi connectivity index (χ1) is 20.4. The number of hydrogen-bond donors (Lipinski definition) is 0. The zero-order valence-corrected chi connectivity index (χ0v) is 27.9. The van der Waals surface area contributed by atoms with E-state index in [1.54, 1.807) is 0 Å². The van der Waals surface area contributed by atoms with Gasteiger partial charge in [0.15, 0.2) is 0 Å². The van der Waals surface area contributed by atoms with Crippen LogP contribution in [0.5, 0.6) is 0 Å². The van der Waals surface area contributed by atoms with Gasteiger partial charge in [0.05, 0.1) is 5.69 Å². The number of hydrogen-bond acceptors (Lipinski definition) is 1. The Morgan fingerprint density at radius 3 is 2.00 bits per heavy atom. The molecule has 3 rings (SSSR count). The largest absolute Gasteiger partial charge is 0.253 e. The molecule has 0 aliphatic rings. The first-order valence-corrected chi connectivity index (χ1v) is 17.0. The maximum Gasteiger partial charge on any atom is 0.0638 e. The van der Waals surface area contributed by atoms with Gasteiger partial charge in [-0.3, -0.25) is 4.99 Å². The first-order valence-electron chi connectivity index (χ1n) is 17.0. The van der Waals surface area contributed by atoms with Crippen molar-refractivity contribution in [2.24, 2.45) is 4.99 Å². The van der Waals surface area contributed by atoms with Crippen LogP contribution in [0.2, 0.25) is 0 Å². The maximum atomic E-state index is 5.20. The van der Waals surface area contributed by atoms with Gasteiger partial charge in [0.2, 0.25) is 0 Å². The van der Waals surface area contributed by atoms with E-state index in [1.165, 1.54) is 101 Å². The predicted molar refractivity (Wildman–Crippen MR) is 189 cm³/mol. The third-order valence-electron chi connectivity index (χ3n) is 8.79. The van der Waals surface area contributed by atoms with Gasteiger partial charge in [-0.2, -0.15) is 0 Å². The lowest BCUT2D eigenvalue weighted by molar-refractivity contribution is 0.606. The molecule has 0 radical (unpaired) electrons. The molecule has 226 valence electrons. The molecule has 0 heterocycles. The number of aryl methyl sites for hydroxylation is 3. The fourth-order valence-corrected chi connectivity index (χ4v) is 6.41. The number of unbranched alkanes of at least 4 members (excludes halogenated alkanes) is 6. The van der Waals surface area contributed by atoms with Crippen molar-refractivity contribution < 1.29 is 0 Å². The molecule has 0 bridgehead atoms. The van der Waals surface area contributed by atoms with Crippen LogP contribution in [0, 0.1) is 6.92 Å². The van der Waals surface area contributed by atoms with E-state index in [9.17, 15) is 0 Å². The highest BCUT2D eigenvalue weighted by Gasteiger charge is 2.13. The Labute approximate surface area is 258 Å². The van der Waals surface area contributed by atoms with Crippen LogP contribution in [0.25, 0.3) is 17.2 Å². The lowest BCUT2D eigenvalue weighted by Crippen LogP contribution is -2.01. The molecule has 0 aliphatic heterocycles. The fourth-order valence-electron chi connectivity index (χ4n) is 6.41. The van der Waals surface area contributed by atoms with E-state index < -0.39 is 0 Å². The monoisotopic (exact) mass is 563 g/mol. The number of benzene rings is 3. The van der Waals surface area contributed by atoms with E-state index in [4.69, 9.17) is 4.99 Å². The van der Waals surface area contributed by atoms with Crippen molar-refractivity contribution in [1.29, 1.82) is 0 Å². The van der Waals surface area contributed by atoms with Crippen LogP contribution < -0.4 is 0 Å². The number of rotatable bonds is 17. The van der Waals surface area contributed by atoms with Gasteiger partial charge in [0.25, 0.3) is 0 Å². The van der Waals surface area contributed by atoms with Gasteiger partial charge in [-0.25, -0.2) is 0 Å². The molecule has 0 N–H and O–H groups in total. The second-order valence-corrected chi connectivity index (χ2v) is 12.0. The normalized spacial score (nSPS) is 12.3. The molecule has 0 amide bonds. The summed E-state index contributed by atoms with van der Waals surface area (Å²) < 4.78 is 0. The molecule has 1 nitrogen and oxygen atoms in total. The van der Waals surface area contributed by atoms with Crippen LogP contribution in [0.1, 0.15) is 133 Å². The minimum atomic E-state index is 0.965. The average Bonchev–Trinajstić information content (AvgIpc) is 3.00. The Morgan fingerprint density at radius 2 is 1.33 bits per heavy atom. The van der Waals surface area contributed by atoms with Gasteiger partial charge in [0.1, 0.15) is 0 Å². The SMILES string of the molecule is CCCCCCCCc1cc(C=C(CC)C(C)=Nc2cc(C)c(CC)c(CCCC)c2)cc(-c2ccccc2)c1CC. The van der Waals surface area contributed by atoms with E-state index in [0.29, 0.717) is 0 Å². The second-order valence-electron chi connectivity index (χ2n) is 12.0. The summed E-state index contributed by atoms with van der Waals surface area (Å²) in [5.41, 5.74) is 15.0. The average molecular weight is 564 g/mol. The molecule has 0 aliphatic carbocycles. The van der Waals surface area contributed by atoms with Gasteiger partial charge in [-0.1, -0.05) is 110 Å². The summed E-state index contributed by atoms with van der Waals surface area (Å²) in [6.45, 7) is 15.9. The highest BCUT2D eigenvalue weighted by Crippen LogP contribution is 2.32. The molecule has 0 aromatic heterocycles. The van der Waals surface area contributed by atoms with E-state index in [1.807, 2.05) is 0 Å². The maximum absolute atomic E-state index is 5.20. The van der Waals surface area contributed by atoms with Crippen LogP contribution in [0.3, 0.4) is 0 Å². The summed E-state index contributed by atoms with van der Waals surface area (Å²) >= 11 is 0. The van der Waals surface area contributed by atoms with E-state index in [-0.39, 0.29) is 0 Å². The Kier molecular flexibility index (Phi) is 14.3. The molecule has 0 spiro atoms. The Hall–Kier alpha value is -2.93. The number of allylic oxidation sites excluding steroid dienone is 1. The minimum absolute atomic E-state index is 0.965. The molecule has 0 saturated carbocycles. The Bertz CT molecular complexity index is 1310. The van der Waals surface area contributed by atoms with Gasteiger partial charge in [-0.15, -0.1) is 0 Å². The molecule has 0 fully saturated rings. The highest BCUT2D eigenvalue weighted by molar-refractivity contribution is 6.03. The van der Waals surface area contributed by atoms with Crippen LogP contribution in [0.15, 0.2) is 65.2 Å². The second kappa shape index (κ2) is 17.9. The topological polar surface area (TPSA) is 12.4 Å². The Morgan fingerprint density at radius 1 is 0.690 bits per heavy atom. The van der Waals surface area contributed by atoms with Crippen molar-refractivity contribution in [2.45, 2.75) is 132 Å². The summed E-state index contributed by atoms with van der Waals surface area (Å²) in [7, 11) is 0. The molecule has 3 aromatic carbocycles. The van der Waals surface area contributed by atoms with Crippen molar-refractivity contribution in [3.63, 3.8) is 0 Å². The molecular weight excluding hydrogens is 506 g/mol. The minimum Gasteiger partial charge on any atom is -0.253 e. The molecular formula is C41H57N. The van der Waals surface area contributed by atoms with Crippen molar-refractivity contribution in [2.75, 3.05) is 0 Å². The van der Waals surface area contributed by atoms with E-state index in [2.05, 4.69) is 109 Å². The summed E-state index contributed by atoms with van der Waals surface area (Å²) in [5, 5.41) is 0.